The van der Waals surface area contributed by atoms with Crippen LogP contribution in [0.4, 0.5) is 28.4 Å². The van der Waals surface area contributed by atoms with Crippen molar-refractivity contribution in [2.24, 2.45) is 5.10 Å². The molecule has 0 aromatic heterocycles. The van der Waals surface area contributed by atoms with Gasteiger partial charge in [0, 0.05) is 23.1 Å². The van der Waals surface area contributed by atoms with Gasteiger partial charge in [-0.15, -0.1) is 0 Å². The van der Waals surface area contributed by atoms with E-state index in [0.717, 1.165) is 22.6 Å². The van der Waals surface area contributed by atoms with Crippen molar-refractivity contribution in [1.82, 2.24) is 0 Å². The molecule has 0 saturated carbocycles. The molecule has 0 aliphatic heterocycles. The molecule has 0 atom stereocenters. The minimum atomic E-state index is -0.436. The van der Waals surface area contributed by atoms with Gasteiger partial charge in [0.2, 0.25) is 0 Å². The fourth-order valence-electron chi connectivity index (χ4n) is 3.21. The van der Waals surface area contributed by atoms with Crippen LogP contribution in [0, 0.1) is 10.1 Å². The van der Waals surface area contributed by atoms with Gasteiger partial charge in [-0.05, 0) is 48.0 Å². The maximum atomic E-state index is 11.1. The largest absolute Gasteiger partial charge is 0.311 e. The summed E-state index contributed by atoms with van der Waals surface area (Å²) >= 11 is 0. The Hall–Kier alpha value is -4.45. The standard InChI is InChI=1S/C25H20N4O2/c30-29(31)25-14-8-7-13-24(25)27-26-19-20-15-17-23(18-16-20)28(21-9-3-1-4-10-21)22-11-5-2-6-12-22/h1-19,27H. The number of nitrogens with zero attached hydrogens (tertiary/aromatic N) is 3. The average Bonchev–Trinajstić information content (AvgIpc) is 2.82. The summed E-state index contributed by atoms with van der Waals surface area (Å²) in [6.45, 7) is 0. The number of nitro groups is 1. The third-order valence-corrected chi connectivity index (χ3v) is 4.68. The van der Waals surface area contributed by atoms with Gasteiger partial charge in [-0.1, -0.05) is 60.7 Å². The second kappa shape index (κ2) is 9.37. The summed E-state index contributed by atoms with van der Waals surface area (Å²) < 4.78 is 0. The minimum Gasteiger partial charge on any atom is -0.311 e. The molecule has 152 valence electrons. The maximum Gasteiger partial charge on any atom is 0.294 e. The molecule has 0 bridgehead atoms. The fraction of sp³-hybridized carbons (Fsp3) is 0. The summed E-state index contributed by atoms with van der Waals surface area (Å²) in [5.74, 6) is 0. The first-order chi connectivity index (χ1) is 15.2. The quantitative estimate of drug-likeness (QED) is 0.215. The Labute approximate surface area is 180 Å². The zero-order chi connectivity index (χ0) is 21.5. The van der Waals surface area contributed by atoms with Crippen molar-refractivity contribution in [3.8, 4) is 0 Å². The molecule has 4 aromatic rings. The first-order valence-corrected chi connectivity index (χ1v) is 9.75. The molecule has 6 heteroatoms. The van der Waals surface area contributed by atoms with Crippen LogP contribution in [-0.2, 0) is 0 Å². The van der Waals surface area contributed by atoms with Gasteiger partial charge >= 0.3 is 0 Å². The number of hydrogen-bond acceptors (Lipinski definition) is 5. The minimum absolute atomic E-state index is 0.0173. The zero-order valence-corrected chi connectivity index (χ0v) is 16.6. The van der Waals surface area contributed by atoms with Crippen LogP contribution in [0.15, 0.2) is 114 Å². The van der Waals surface area contributed by atoms with Crippen molar-refractivity contribution in [2.45, 2.75) is 0 Å². The topological polar surface area (TPSA) is 70.8 Å². The van der Waals surface area contributed by atoms with Crippen LogP contribution in [0.5, 0.6) is 0 Å². The third kappa shape index (κ3) is 4.76. The van der Waals surface area contributed by atoms with Crippen molar-refractivity contribution < 1.29 is 4.92 Å². The Morgan fingerprint density at radius 3 is 1.81 bits per heavy atom. The second-order valence-electron chi connectivity index (χ2n) is 6.74. The van der Waals surface area contributed by atoms with Crippen LogP contribution in [0.3, 0.4) is 0 Å². The monoisotopic (exact) mass is 408 g/mol. The Kier molecular flexibility index (Phi) is 6.00. The van der Waals surface area contributed by atoms with E-state index in [1.54, 1.807) is 24.4 Å². The summed E-state index contributed by atoms with van der Waals surface area (Å²) in [5, 5.41) is 15.3. The smallest absolute Gasteiger partial charge is 0.294 e. The van der Waals surface area contributed by atoms with Crippen LogP contribution in [0.1, 0.15) is 5.56 Å². The molecule has 0 amide bonds. The van der Waals surface area contributed by atoms with Crippen LogP contribution in [0.2, 0.25) is 0 Å². The lowest BCUT2D eigenvalue weighted by Crippen LogP contribution is -2.09. The lowest BCUT2D eigenvalue weighted by molar-refractivity contribution is -0.384. The van der Waals surface area contributed by atoms with Crippen molar-refractivity contribution in [2.75, 3.05) is 10.3 Å². The van der Waals surface area contributed by atoms with Crippen molar-refractivity contribution >= 4 is 34.7 Å². The van der Waals surface area contributed by atoms with Gasteiger partial charge in [-0.2, -0.15) is 5.10 Å². The molecule has 4 rings (SSSR count). The molecule has 6 nitrogen and oxygen atoms in total. The van der Waals surface area contributed by atoms with E-state index in [9.17, 15) is 10.1 Å². The van der Waals surface area contributed by atoms with Gasteiger partial charge in [0.15, 0.2) is 0 Å². The van der Waals surface area contributed by atoms with Gasteiger partial charge in [0.1, 0.15) is 5.69 Å². The van der Waals surface area contributed by atoms with Gasteiger partial charge in [-0.25, -0.2) is 0 Å². The third-order valence-electron chi connectivity index (χ3n) is 4.68. The van der Waals surface area contributed by atoms with Crippen molar-refractivity contribution in [3.63, 3.8) is 0 Å². The molecule has 0 spiro atoms. The number of nitro benzene ring substituents is 1. The summed E-state index contributed by atoms with van der Waals surface area (Å²) in [6, 6.07) is 34.7. The highest BCUT2D eigenvalue weighted by Crippen LogP contribution is 2.33. The number of nitrogens with one attached hydrogen (secondary N) is 1. The van der Waals surface area contributed by atoms with Crippen LogP contribution < -0.4 is 10.3 Å². The first kappa shape index (κ1) is 19.8. The van der Waals surface area contributed by atoms with Gasteiger partial charge in [0.25, 0.3) is 5.69 Å². The Bertz CT molecular complexity index is 1140. The number of para-hydroxylation sites is 4. The van der Waals surface area contributed by atoms with E-state index in [1.807, 2.05) is 60.7 Å². The van der Waals surface area contributed by atoms with E-state index in [-0.39, 0.29) is 5.69 Å². The number of hydrazone groups is 1. The lowest BCUT2D eigenvalue weighted by atomic mass is 10.1. The SMILES string of the molecule is O=[N+]([O-])c1ccccc1NN=Cc1ccc(N(c2ccccc2)c2ccccc2)cc1. The van der Waals surface area contributed by atoms with Crippen LogP contribution in [0.25, 0.3) is 0 Å². The Morgan fingerprint density at radius 2 is 1.23 bits per heavy atom. The molecule has 1 N–H and O–H groups in total. The normalized spacial score (nSPS) is 10.7. The average molecular weight is 408 g/mol. The van der Waals surface area contributed by atoms with E-state index < -0.39 is 4.92 Å². The highest BCUT2D eigenvalue weighted by Gasteiger charge is 2.12. The number of hydrogen-bond donors (Lipinski definition) is 1. The van der Waals surface area contributed by atoms with E-state index in [4.69, 9.17) is 0 Å². The van der Waals surface area contributed by atoms with Gasteiger partial charge in [-0.3, -0.25) is 15.5 Å². The zero-order valence-electron chi connectivity index (χ0n) is 16.6. The predicted molar refractivity (Wildman–Crippen MR) is 125 cm³/mol. The number of benzene rings is 4. The Morgan fingerprint density at radius 1 is 0.710 bits per heavy atom. The maximum absolute atomic E-state index is 11.1. The summed E-state index contributed by atoms with van der Waals surface area (Å²) in [7, 11) is 0. The summed E-state index contributed by atoms with van der Waals surface area (Å²) in [6.07, 6.45) is 1.63. The molecular weight excluding hydrogens is 388 g/mol. The summed E-state index contributed by atoms with van der Waals surface area (Å²) in [4.78, 5) is 12.8. The lowest BCUT2D eigenvalue weighted by Gasteiger charge is -2.25. The molecule has 0 aliphatic carbocycles. The van der Waals surface area contributed by atoms with Crippen molar-refractivity contribution in [1.29, 1.82) is 0 Å². The first-order valence-electron chi connectivity index (χ1n) is 9.75. The highest BCUT2D eigenvalue weighted by molar-refractivity contribution is 5.83. The molecule has 31 heavy (non-hydrogen) atoms. The summed E-state index contributed by atoms with van der Waals surface area (Å²) in [5.41, 5.74) is 7.09. The molecule has 0 saturated heterocycles. The van der Waals surface area contributed by atoms with E-state index in [0.29, 0.717) is 5.69 Å². The number of anilines is 4. The van der Waals surface area contributed by atoms with E-state index in [2.05, 4.69) is 39.7 Å². The predicted octanol–water partition coefficient (Wildman–Crippen LogP) is 6.51. The van der Waals surface area contributed by atoms with Gasteiger partial charge < -0.3 is 4.90 Å². The van der Waals surface area contributed by atoms with Crippen LogP contribution >= 0.6 is 0 Å². The van der Waals surface area contributed by atoms with E-state index in [1.165, 1.54) is 6.07 Å². The van der Waals surface area contributed by atoms with E-state index >= 15 is 0 Å². The molecule has 0 heterocycles. The Balaban J connectivity index is 1.55. The molecule has 0 unspecified atom stereocenters. The molecular formula is C25H20N4O2. The van der Waals surface area contributed by atoms with Crippen molar-refractivity contribution in [3.05, 3.63) is 125 Å². The fourth-order valence-corrected chi connectivity index (χ4v) is 3.21. The van der Waals surface area contributed by atoms with Crippen LogP contribution in [-0.4, -0.2) is 11.1 Å². The number of rotatable bonds is 7. The molecule has 0 fully saturated rings. The highest BCUT2D eigenvalue weighted by atomic mass is 16.6. The molecule has 0 radical (unpaired) electrons. The molecule has 4 aromatic carbocycles. The van der Waals surface area contributed by atoms with Gasteiger partial charge in [0.05, 0.1) is 11.1 Å². The molecule has 0 aliphatic rings. The second-order valence-corrected chi connectivity index (χ2v) is 6.74.